The highest BCUT2D eigenvalue weighted by atomic mass is 16.4. The first kappa shape index (κ1) is 12.5. The predicted molar refractivity (Wildman–Crippen MR) is 61.8 cm³/mol. The van der Waals surface area contributed by atoms with Crippen LogP contribution >= 0.6 is 0 Å². The minimum atomic E-state index is -0.630. The zero-order valence-electron chi connectivity index (χ0n) is 10.3. The standard InChI is InChI=1S/C13H24O2/c1-13(2,3)9-11-6-4-10(5-7-11)8-12(14)15/h10-11H,4-9H2,1-3H3,(H,14,15)/t10-,11-. The highest BCUT2D eigenvalue weighted by molar-refractivity contribution is 5.67. The van der Waals surface area contributed by atoms with E-state index in [1.165, 1.54) is 19.3 Å². The molecule has 0 spiro atoms. The van der Waals surface area contributed by atoms with Gasteiger partial charge in [-0.1, -0.05) is 33.6 Å². The van der Waals surface area contributed by atoms with E-state index in [0.717, 1.165) is 18.8 Å². The van der Waals surface area contributed by atoms with Crippen LogP contribution in [0.1, 0.15) is 59.3 Å². The molecule has 0 radical (unpaired) electrons. The Kier molecular flexibility index (Phi) is 4.18. The molecular weight excluding hydrogens is 188 g/mol. The van der Waals surface area contributed by atoms with Gasteiger partial charge in [0.15, 0.2) is 0 Å². The summed E-state index contributed by atoms with van der Waals surface area (Å²) in [7, 11) is 0. The van der Waals surface area contributed by atoms with Crippen molar-refractivity contribution in [3.8, 4) is 0 Å². The largest absolute Gasteiger partial charge is 0.481 e. The number of carboxylic acids is 1. The molecule has 0 aromatic carbocycles. The van der Waals surface area contributed by atoms with Crippen molar-refractivity contribution in [1.82, 2.24) is 0 Å². The van der Waals surface area contributed by atoms with Crippen molar-refractivity contribution in [3.05, 3.63) is 0 Å². The summed E-state index contributed by atoms with van der Waals surface area (Å²) < 4.78 is 0. The molecule has 0 aromatic rings. The molecule has 1 rings (SSSR count). The molecule has 1 aliphatic carbocycles. The molecule has 1 aliphatic rings. The Bertz CT molecular complexity index is 207. The van der Waals surface area contributed by atoms with Gasteiger partial charge in [0.2, 0.25) is 0 Å². The number of hydrogen-bond acceptors (Lipinski definition) is 1. The van der Waals surface area contributed by atoms with E-state index in [1.807, 2.05) is 0 Å². The van der Waals surface area contributed by atoms with Gasteiger partial charge in [0.1, 0.15) is 0 Å². The van der Waals surface area contributed by atoms with Crippen molar-refractivity contribution >= 4 is 5.97 Å². The molecule has 1 N–H and O–H groups in total. The van der Waals surface area contributed by atoms with Crippen molar-refractivity contribution < 1.29 is 9.90 Å². The predicted octanol–water partition coefficient (Wildman–Crippen LogP) is 3.70. The van der Waals surface area contributed by atoms with Crippen LogP contribution in [0.4, 0.5) is 0 Å². The van der Waals surface area contributed by atoms with E-state index in [0.29, 0.717) is 17.8 Å². The summed E-state index contributed by atoms with van der Waals surface area (Å²) in [6.45, 7) is 6.86. The second-order valence-corrected chi connectivity index (χ2v) is 6.25. The van der Waals surface area contributed by atoms with E-state index >= 15 is 0 Å². The van der Waals surface area contributed by atoms with E-state index < -0.39 is 5.97 Å². The maximum Gasteiger partial charge on any atom is 0.303 e. The average Bonchev–Trinajstić information content (AvgIpc) is 2.05. The van der Waals surface area contributed by atoms with Gasteiger partial charge >= 0.3 is 5.97 Å². The normalized spacial score (nSPS) is 27.7. The molecule has 0 saturated heterocycles. The third kappa shape index (κ3) is 5.19. The van der Waals surface area contributed by atoms with Crippen LogP contribution in [-0.2, 0) is 4.79 Å². The number of hydrogen-bond donors (Lipinski definition) is 1. The maximum atomic E-state index is 10.6. The fourth-order valence-corrected chi connectivity index (χ4v) is 2.75. The van der Waals surface area contributed by atoms with E-state index in [4.69, 9.17) is 5.11 Å². The lowest BCUT2D eigenvalue weighted by Gasteiger charge is -2.32. The highest BCUT2D eigenvalue weighted by Gasteiger charge is 2.25. The zero-order valence-corrected chi connectivity index (χ0v) is 10.3. The van der Waals surface area contributed by atoms with E-state index in [9.17, 15) is 4.79 Å². The summed E-state index contributed by atoms with van der Waals surface area (Å²) in [5, 5.41) is 8.72. The molecule has 0 amide bonds. The topological polar surface area (TPSA) is 37.3 Å². The van der Waals surface area contributed by atoms with Crippen LogP contribution in [0.2, 0.25) is 0 Å². The molecule has 2 heteroatoms. The maximum absolute atomic E-state index is 10.6. The molecule has 0 aromatic heterocycles. The van der Waals surface area contributed by atoms with Crippen molar-refractivity contribution in [1.29, 1.82) is 0 Å². The van der Waals surface area contributed by atoms with Crippen LogP contribution in [0.3, 0.4) is 0 Å². The highest BCUT2D eigenvalue weighted by Crippen LogP contribution is 2.37. The van der Waals surface area contributed by atoms with Crippen molar-refractivity contribution in [3.63, 3.8) is 0 Å². The number of aliphatic carboxylic acids is 1. The Balaban J connectivity index is 2.27. The summed E-state index contributed by atoms with van der Waals surface area (Å²) in [5.41, 5.74) is 0.421. The van der Waals surface area contributed by atoms with Crippen LogP contribution in [0.5, 0.6) is 0 Å². The van der Waals surface area contributed by atoms with Crippen molar-refractivity contribution in [2.75, 3.05) is 0 Å². The third-order valence-electron chi connectivity index (χ3n) is 3.33. The molecule has 0 bridgehead atoms. The lowest BCUT2D eigenvalue weighted by molar-refractivity contribution is -0.138. The van der Waals surface area contributed by atoms with Gasteiger partial charge in [0, 0.05) is 6.42 Å². The first-order valence-electron chi connectivity index (χ1n) is 6.08. The van der Waals surface area contributed by atoms with Crippen LogP contribution in [0.25, 0.3) is 0 Å². The summed E-state index contributed by atoms with van der Waals surface area (Å²) in [6, 6.07) is 0. The Morgan fingerprint density at radius 1 is 1.13 bits per heavy atom. The summed E-state index contributed by atoms with van der Waals surface area (Å²) >= 11 is 0. The number of carboxylic acid groups (broad SMARTS) is 1. The van der Waals surface area contributed by atoms with E-state index in [2.05, 4.69) is 20.8 Å². The lowest BCUT2D eigenvalue weighted by atomic mass is 9.74. The molecule has 0 heterocycles. The van der Waals surface area contributed by atoms with Gasteiger partial charge in [-0.25, -0.2) is 0 Å². The van der Waals surface area contributed by atoms with Crippen LogP contribution in [-0.4, -0.2) is 11.1 Å². The van der Waals surface area contributed by atoms with Gasteiger partial charge in [0.05, 0.1) is 0 Å². The zero-order chi connectivity index (χ0) is 11.5. The lowest BCUT2D eigenvalue weighted by Crippen LogP contribution is -2.21. The summed E-state index contributed by atoms with van der Waals surface area (Å²) in [4.78, 5) is 10.6. The van der Waals surface area contributed by atoms with E-state index in [-0.39, 0.29) is 0 Å². The molecule has 2 nitrogen and oxygen atoms in total. The second-order valence-electron chi connectivity index (χ2n) is 6.25. The first-order chi connectivity index (χ1) is 6.87. The minimum absolute atomic E-state index is 0.377. The second kappa shape index (κ2) is 5.00. The Hall–Kier alpha value is -0.530. The fraction of sp³-hybridized carbons (Fsp3) is 0.923. The van der Waals surface area contributed by atoms with Gasteiger partial charge in [-0.2, -0.15) is 0 Å². The molecular formula is C13H24O2. The molecule has 88 valence electrons. The fourth-order valence-electron chi connectivity index (χ4n) is 2.75. The quantitative estimate of drug-likeness (QED) is 0.774. The number of carbonyl (C=O) groups is 1. The molecule has 0 atom stereocenters. The molecule has 1 saturated carbocycles. The van der Waals surface area contributed by atoms with Gasteiger partial charge in [-0.15, -0.1) is 0 Å². The Labute approximate surface area is 93.1 Å². The van der Waals surface area contributed by atoms with Gasteiger partial charge in [0.25, 0.3) is 0 Å². The van der Waals surface area contributed by atoms with Crippen LogP contribution < -0.4 is 0 Å². The van der Waals surface area contributed by atoms with Gasteiger partial charge < -0.3 is 5.11 Å². The Morgan fingerprint density at radius 2 is 1.60 bits per heavy atom. The third-order valence-corrected chi connectivity index (χ3v) is 3.33. The molecule has 0 aliphatic heterocycles. The number of rotatable bonds is 3. The monoisotopic (exact) mass is 212 g/mol. The smallest absolute Gasteiger partial charge is 0.303 e. The Morgan fingerprint density at radius 3 is 2.00 bits per heavy atom. The molecule has 0 unspecified atom stereocenters. The van der Waals surface area contributed by atoms with Gasteiger partial charge in [-0.3, -0.25) is 4.79 Å². The van der Waals surface area contributed by atoms with Gasteiger partial charge in [-0.05, 0) is 36.5 Å². The first-order valence-corrected chi connectivity index (χ1v) is 6.08. The average molecular weight is 212 g/mol. The molecule has 15 heavy (non-hydrogen) atoms. The van der Waals surface area contributed by atoms with Crippen molar-refractivity contribution in [2.45, 2.75) is 59.3 Å². The minimum Gasteiger partial charge on any atom is -0.481 e. The van der Waals surface area contributed by atoms with Crippen molar-refractivity contribution in [2.24, 2.45) is 17.3 Å². The summed E-state index contributed by atoms with van der Waals surface area (Å²) in [6.07, 6.45) is 6.36. The molecule has 1 fully saturated rings. The van der Waals surface area contributed by atoms with E-state index in [1.54, 1.807) is 0 Å². The van der Waals surface area contributed by atoms with Crippen LogP contribution in [0.15, 0.2) is 0 Å². The summed E-state index contributed by atoms with van der Waals surface area (Å²) in [5.74, 6) is 0.642. The SMILES string of the molecule is CC(C)(C)C[C@H]1CC[C@H](CC(=O)O)CC1. The van der Waals surface area contributed by atoms with Crippen LogP contribution in [0, 0.1) is 17.3 Å².